The lowest BCUT2D eigenvalue weighted by Crippen LogP contribution is -2.24. The number of hydrazone groups is 1. The van der Waals surface area contributed by atoms with Gasteiger partial charge in [-0.05, 0) is 24.3 Å². The minimum atomic E-state index is -0.572. The maximum absolute atomic E-state index is 11.9. The van der Waals surface area contributed by atoms with E-state index in [9.17, 15) is 9.59 Å². The molecule has 146 valence electrons. The molecular weight excluding hydrogens is 382 g/mol. The van der Waals surface area contributed by atoms with Gasteiger partial charge in [-0.3, -0.25) is 9.59 Å². The molecule has 0 radical (unpaired) electrons. The molecule has 0 heterocycles. The molecule has 0 aliphatic heterocycles. The second kappa shape index (κ2) is 10.7. The standard InChI is InChI=1S/C20H20ClN3O4/c1-3-11-28-20-14(7-6-10-17(20)27-2)13-22-24-19(26)12-18(25)23-16-9-5-4-8-15(16)21/h3-10,13H,1,11-12H2,2H3,(H,23,25)(H,24,26). The minimum Gasteiger partial charge on any atom is -0.493 e. The van der Waals surface area contributed by atoms with E-state index in [1.54, 1.807) is 48.5 Å². The fraction of sp³-hybridized carbons (Fsp3) is 0.150. The molecule has 0 saturated heterocycles. The summed E-state index contributed by atoms with van der Waals surface area (Å²) in [6, 6.07) is 12.0. The molecule has 0 aromatic heterocycles. The van der Waals surface area contributed by atoms with Crippen LogP contribution in [-0.4, -0.2) is 31.7 Å². The van der Waals surface area contributed by atoms with E-state index >= 15 is 0 Å². The average Bonchev–Trinajstić information content (AvgIpc) is 2.68. The average molecular weight is 402 g/mol. The topological polar surface area (TPSA) is 89.0 Å². The van der Waals surface area contributed by atoms with Gasteiger partial charge in [0.2, 0.25) is 11.8 Å². The first-order chi connectivity index (χ1) is 13.5. The van der Waals surface area contributed by atoms with Crippen molar-refractivity contribution < 1.29 is 19.1 Å². The van der Waals surface area contributed by atoms with E-state index < -0.39 is 18.2 Å². The van der Waals surface area contributed by atoms with E-state index in [1.807, 2.05) is 0 Å². The van der Waals surface area contributed by atoms with Gasteiger partial charge in [-0.15, -0.1) is 0 Å². The summed E-state index contributed by atoms with van der Waals surface area (Å²) in [5.41, 5.74) is 3.34. The van der Waals surface area contributed by atoms with Crippen molar-refractivity contribution in [3.8, 4) is 11.5 Å². The molecule has 0 bridgehead atoms. The lowest BCUT2D eigenvalue weighted by molar-refractivity contribution is -0.126. The second-order valence-electron chi connectivity index (χ2n) is 5.48. The molecule has 7 nitrogen and oxygen atoms in total. The first-order valence-corrected chi connectivity index (χ1v) is 8.70. The zero-order valence-electron chi connectivity index (χ0n) is 15.3. The van der Waals surface area contributed by atoms with Crippen molar-refractivity contribution in [2.24, 2.45) is 5.10 Å². The van der Waals surface area contributed by atoms with Gasteiger partial charge in [0.15, 0.2) is 11.5 Å². The molecule has 28 heavy (non-hydrogen) atoms. The number of rotatable bonds is 9. The van der Waals surface area contributed by atoms with Gasteiger partial charge < -0.3 is 14.8 Å². The Morgan fingerprint density at radius 2 is 1.96 bits per heavy atom. The fourth-order valence-electron chi connectivity index (χ4n) is 2.21. The number of halogens is 1. The number of benzene rings is 2. The molecule has 0 unspecified atom stereocenters. The van der Waals surface area contributed by atoms with Crippen molar-refractivity contribution in [3.63, 3.8) is 0 Å². The Bertz CT molecular complexity index is 884. The summed E-state index contributed by atoms with van der Waals surface area (Å²) in [7, 11) is 1.52. The molecule has 0 spiro atoms. The normalized spacial score (nSPS) is 10.4. The Kier molecular flexibility index (Phi) is 8.05. The number of anilines is 1. The first-order valence-electron chi connectivity index (χ1n) is 8.32. The molecule has 0 atom stereocenters. The number of carbonyl (C=O) groups excluding carboxylic acids is 2. The zero-order chi connectivity index (χ0) is 20.4. The Morgan fingerprint density at radius 3 is 2.68 bits per heavy atom. The molecule has 0 saturated carbocycles. The molecule has 0 fully saturated rings. The molecule has 2 aromatic rings. The fourth-order valence-corrected chi connectivity index (χ4v) is 2.39. The zero-order valence-corrected chi connectivity index (χ0v) is 16.0. The summed E-state index contributed by atoms with van der Waals surface area (Å²) in [4.78, 5) is 23.8. The number of carbonyl (C=O) groups is 2. The summed E-state index contributed by atoms with van der Waals surface area (Å²) in [5, 5.41) is 6.83. The van der Waals surface area contributed by atoms with Crippen LogP contribution in [0.15, 0.2) is 60.2 Å². The highest BCUT2D eigenvalue weighted by molar-refractivity contribution is 6.33. The lowest BCUT2D eigenvalue weighted by atomic mass is 10.2. The lowest BCUT2D eigenvalue weighted by Gasteiger charge is -2.11. The third-order valence-electron chi connectivity index (χ3n) is 3.44. The largest absolute Gasteiger partial charge is 0.493 e. The third kappa shape index (κ3) is 6.14. The summed E-state index contributed by atoms with van der Waals surface area (Å²) in [6.45, 7) is 3.89. The Morgan fingerprint density at radius 1 is 1.18 bits per heavy atom. The molecule has 2 amide bonds. The first kappa shape index (κ1) is 21.0. The summed E-state index contributed by atoms with van der Waals surface area (Å²) >= 11 is 5.96. The summed E-state index contributed by atoms with van der Waals surface area (Å²) < 4.78 is 10.8. The van der Waals surface area contributed by atoms with E-state index in [2.05, 4.69) is 22.4 Å². The third-order valence-corrected chi connectivity index (χ3v) is 3.77. The Balaban J connectivity index is 1.95. The van der Waals surface area contributed by atoms with Crippen LogP contribution in [0.2, 0.25) is 5.02 Å². The van der Waals surface area contributed by atoms with Gasteiger partial charge in [0.05, 0.1) is 24.0 Å². The van der Waals surface area contributed by atoms with Crippen LogP contribution in [0.25, 0.3) is 0 Å². The van der Waals surface area contributed by atoms with E-state index in [0.717, 1.165) is 0 Å². The van der Waals surface area contributed by atoms with Gasteiger partial charge in [-0.2, -0.15) is 5.10 Å². The Labute approximate surface area is 168 Å². The van der Waals surface area contributed by atoms with Crippen LogP contribution in [0.5, 0.6) is 11.5 Å². The molecule has 2 N–H and O–H groups in total. The molecule has 2 aromatic carbocycles. The molecule has 0 aliphatic carbocycles. The van der Waals surface area contributed by atoms with Crippen LogP contribution in [0.4, 0.5) is 5.69 Å². The van der Waals surface area contributed by atoms with Gasteiger partial charge >= 0.3 is 0 Å². The van der Waals surface area contributed by atoms with Crippen LogP contribution in [0.1, 0.15) is 12.0 Å². The highest BCUT2D eigenvalue weighted by Crippen LogP contribution is 2.30. The van der Waals surface area contributed by atoms with Crippen molar-refractivity contribution in [2.75, 3.05) is 19.0 Å². The number of nitrogens with zero attached hydrogens (tertiary/aromatic N) is 1. The number of ether oxygens (including phenoxy) is 2. The van der Waals surface area contributed by atoms with E-state index in [-0.39, 0.29) is 6.61 Å². The maximum Gasteiger partial charge on any atom is 0.249 e. The maximum atomic E-state index is 11.9. The van der Waals surface area contributed by atoms with Crippen LogP contribution in [0.3, 0.4) is 0 Å². The molecule has 0 aliphatic rings. The number of nitrogens with one attached hydrogen (secondary N) is 2. The van der Waals surface area contributed by atoms with Gasteiger partial charge in [0, 0.05) is 5.56 Å². The monoisotopic (exact) mass is 401 g/mol. The number of amides is 2. The number of methoxy groups -OCH3 is 1. The van der Waals surface area contributed by atoms with Crippen LogP contribution in [-0.2, 0) is 9.59 Å². The van der Waals surface area contributed by atoms with Crippen molar-refractivity contribution in [1.29, 1.82) is 0 Å². The van der Waals surface area contributed by atoms with Crippen molar-refractivity contribution in [2.45, 2.75) is 6.42 Å². The molecular formula is C20H20ClN3O4. The number of hydrogen-bond acceptors (Lipinski definition) is 5. The smallest absolute Gasteiger partial charge is 0.249 e. The van der Waals surface area contributed by atoms with E-state index in [0.29, 0.717) is 27.8 Å². The quantitative estimate of drug-likeness (QED) is 0.292. The van der Waals surface area contributed by atoms with E-state index in [4.69, 9.17) is 21.1 Å². The molecule has 2 rings (SSSR count). The van der Waals surface area contributed by atoms with Gasteiger partial charge in [-0.25, -0.2) is 5.43 Å². The predicted molar refractivity (Wildman–Crippen MR) is 109 cm³/mol. The highest BCUT2D eigenvalue weighted by Gasteiger charge is 2.11. The minimum absolute atomic E-state index is 0.287. The van der Waals surface area contributed by atoms with Gasteiger partial charge in [0.25, 0.3) is 0 Å². The van der Waals surface area contributed by atoms with Crippen molar-refractivity contribution in [3.05, 3.63) is 65.7 Å². The number of hydrogen-bond donors (Lipinski definition) is 2. The summed E-state index contributed by atoms with van der Waals surface area (Å²) in [5.74, 6) is -0.0787. The summed E-state index contributed by atoms with van der Waals surface area (Å²) in [6.07, 6.45) is 2.61. The van der Waals surface area contributed by atoms with Crippen LogP contribution in [0, 0.1) is 0 Å². The van der Waals surface area contributed by atoms with Crippen molar-refractivity contribution >= 4 is 35.3 Å². The van der Waals surface area contributed by atoms with Gasteiger partial charge in [-0.1, -0.05) is 42.5 Å². The van der Waals surface area contributed by atoms with Gasteiger partial charge in [0.1, 0.15) is 13.0 Å². The van der Waals surface area contributed by atoms with Crippen molar-refractivity contribution in [1.82, 2.24) is 5.43 Å². The number of para-hydroxylation sites is 2. The van der Waals surface area contributed by atoms with Crippen LogP contribution < -0.4 is 20.2 Å². The highest BCUT2D eigenvalue weighted by atomic mass is 35.5. The molecule has 8 heteroatoms. The SMILES string of the molecule is C=CCOc1c(C=NNC(=O)CC(=O)Nc2ccccc2Cl)cccc1OC. The Hall–Kier alpha value is -3.32. The predicted octanol–water partition coefficient (Wildman–Crippen LogP) is 3.39. The van der Waals surface area contributed by atoms with Crippen LogP contribution >= 0.6 is 11.6 Å². The second-order valence-corrected chi connectivity index (χ2v) is 5.88. The van der Waals surface area contributed by atoms with E-state index in [1.165, 1.54) is 13.3 Å².